The van der Waals surface area contributed by atoms with Crippen LogP contribution in [0.15, 0.2) is 53.4 Å². The Bertz CT molecular complexity index is 816. The number of ether oxygens (including phenoxy) is 1. The van der Waals surface area contributed by atoms with Gasteiger partial charge in [0.15, 0.2) is 0 Å². The average molecular weight is 373 g/mol. The van der Waals surface area contributed by atoms with Crippen LogP contribution in [0.25, 0.3) is 6.08 Å². The van der Waals surface area contributed by atoms with Crippen molar-refractivity contribution in [3.05, 3.63) is 70.4 Å². The summed E-state index contributed by atoms with van der Waals surface area (Å²) in [4.78, 5) is 14.7. The van der Waals surface area contributed by atoms with Gasteiger partial charge in [0, 0.05) is 6.54 Å². The molecule has 0 spiro atoms. The van der Waals surface area contributed by atoms with E-state index in [4.69, 9.17) is 17.0 Å². The van der Waals surface area contributed by atoms with Gasteiger partial charge in [0.1, 0.15) is 15.9 Å². The van der Waals surface area contributed by atoms with Crippen molar-refractivity contribution in [2.24, 2.45) is 0 Å². The van der Waals surface area contributed by atoms with Crippen molar-refractivity contribution in [3.63, 3.8) is 0 Å². The first kappa shape index (κ1) is 17.6. The van der Waals surface area contributed by atoms with Gasteiger partial charge in [0.2, 0.25) is 0 Å². The van der Waals surface area contributed by atoms with Gasteiger partial charge in [0.25, 0.3) is 5.91 Å². The number of benzene rings is 2. The Morgan fingerprint density at radius 3 is 2.48 bits per heavy atom. The third-order valence-electron chi connectivity index (χ3n) is 3.82. The average Bonchev–Trinajstić information content (AvgIpc) is 2.89. The van der Waals surface area contributed by atoms with Crippen LogP contribution < -0.4 is 4.74 Å². The monoisotopic (exact) mass is 373 g/mol. The predicted molar refractivity (Wildman–Crippen MR) is 103 cm³/mol. The molecule has 25 heavy (non-hydrogen) atoms. The van der Waals surface area contributed by atoms with E-state index in [0.29, 0.717) is 22.2 Å². The van der Waals surface area contributed by atoms with Crippen LogP contribution >= 0.6 is 24.0 Å². The molecule has 3 nitrogen and oxygen atoms in total. The fourth-order valence-corrected chi connectivity index (χ4v) is 3.74. The third-order valence-corrected chi connectivity index (χ3v) is 5.20. The Balaban J connectivity index is 1.67. The quantitative estimate of drug-likeness (QED) is 0.578. The molecule has 0 saturated carbocycles. The zero-order valence-electron chi connectivity index (χ0n) is 13.6. The molecule has 1 fully saturated rings. The number of thiocarbonyl (C=S) groups is 1. The minimum Gasteiger partial charge on any atom is -0.497 e. The van der Waals surface area contributed by atoms with Gasteiger partial charge in [-0.05, 0) is 47.9 Å². The zero-order chi connectivity index (χ0) is 17.8. The Morgan fingerprint density at radius 2 is 1.84 bits per heavy atom. The van der Waals surface area contributed by atoms with Gasteiger partial charge in [-0.15, -0.1) is 0 Å². The summed E-state index contributed by atoms with van der Waals surface area (Å²) in [6, 6.07) is 13.8. The number of rotatable bonds is 5. The van der Waals surface area contributed by atoms with Crippen LogP contribution in [0.3, 0.4) is 0 Å². The molecule has 1 heterocycles. The van der Waals surface area contributed by atoms with E-state index in [1.165, 1.54) is 23.9 Å². The van der Waals surface area contributed by atoms with Crippen LogP contribution in [0.2, 0.25) is 0 Å². The molecule has 1 amide bonds. The molecule has 2 aromatic carbocycles. The molecule has 6 heteroatoms. The molecular weight excluding hydrogens is 357 g/mol. The van der Waals surface area contributed by atoms with Crippen molar-refractivity contribution < 1.29 is 13.9 Å². The van der Waals surface area contributed by atoms with Crippen LogP contribution in [0.1, 0.15) is 11.1 Å². The second kappa shape index (κ2) is 7.80. The first-order valence-electron chi connectivity index (χ1n) is 7.70. The van der Waals surface area contributed by atoms with Crippen LogP contribution in [0.5, 0.6) is 5.75 Å². The molecule has 0 N–H and O–H groups in total. The molecule has 1 aliphatic rings. The van der Waals surface area contributed by atoms with Gasteiger partial charge in [-0.1, -0.05) is 48.2 Å². The second-order valence-electron chi connectivity index (χ2n) is 5.48. The van der Waals surface area contributed by atoms with E-state index in [1.54, 1.807) is 30.2 Å². The first-order chi connectivity index (χ1) is 12.1. The van der Waals surface area contributed by atoms with Gasteiger partial charge >= 0.3 is 0 Å². The fourth-order valence-electron chi connectivity index (χ4n) is 2.44. The summed E-state index contributed by atoms with van der Waals surface area (Å²) in [7, 11) is 1.63. The Kier molecular flexibility index (Phi) is 5.50. The lowest BCUT2D eigenvalue weighted by Crippen LogP contribution is -2.30. The molecule has 2 aromatic rings. The number of carbonyl (C=O) groups excluding carboxylic acids is 1. The molecule has 1 aliphatic heterocycles. The minimum atomic E-state index is -0.302. The molecule has 0 bridgehead atoms. The first-order valence-corrected chi connectivity index (χ1v) is 8.93. The number of amides is 1. The van der Waals surface area contributed by atoms with Crippen LogP contribution in [-0.4, -0.2) is 28.8 Å². The third kappa shape index (κ3) is 4.27. The number of halogens is 1. The molecule has 0 aliphatic carbocycles. The molecule has 3 rings (SSSR count). The van der Waals surface area contributed by atoms with E-state index < -0.39 is 0 Å². The van der Waals surface area contributed by atoms with Gasteiger partial charge < -0.3 is 4.74 Å². The molecule has 0 aromatic heterocycles. The number of nitrogens with zero attached hydrogens (tertiary/aromatic N) is 1. The smallest absolute Gasteiger partial charge is 0.266 e. The zero-order valence-corrected chi connectivity index (χ0v) is 15.2. The molecular formula is C19H16FNO2S2. The normalized spacial score (nSPS) is 15.9. The van der Waals surface area contributed by atoms with Crippen molar-refractivity contribution in [3.8, 4) is 5.75 Å². The SMILES string of the molecule is COc1ccc(CCN2C(=O)/C(=C/c3ccc(F)cc3)SC2=S)cc1. The lowest BCUT2D eigenvalue weighted by atomic mass is 10.1. The molecule has 0 radical (unpaired) electrons. The van der Waals surface area contributed by atoms with Gasteiger partial charge in [0.05, 0.1) is 12.0 Å². The number of thioether (sulfide) groups is 1. The summed E-state index contributed by atoms with van der Waals surface area (Å²) < 4.78 is 18.7. The Morgan fingerprint density at radius 1 is 1.16 bits per heavy atom. The van der Waals surface area contributed by atoms with E-state index in [1.807, 2.05) is 24.3 Å². The molecule has 0 unspecified atom stereocenters. The van der Waals surface area contributed by atoms with E-state index in [2.05, 4.69) is 0 Å². The standard InChI is InChI=1S/C19H16FNO2S2/c1-23-16-8-4-13(5-9-16)10-11-21-18(22)17(25-19(21)24)12-14-2-6-15(20)7-3-14/h2-9,12H,10-11H2,1H3/b17-12-. The van der Waals surface area contributed by atoms with E-state index in [9.17, 15) is 9.18 Å². The van der Waals surface area contributed by atoms with Crippen LogP contribution in [-0.2, 0) is 11.2 Å². The predicted octanol–water partition coefficient (Wildman–Crippen LogP) is 4.28. The number of carbonyl (C=O) groups is 1. The number of hydrogen-bond donors (Lipinski definition) is 0. The lowest BCUT2D eigenvalue weighted by molar-refractivity contribution is -0.122. The van der Waals surface area contributed by atoms with Crippen LogP contribution in [0, 0.1) is 5.82 Å². The topological polar surface area (TPSA) is 29.5 Å². The van der Waals surface area contributed by atoms with E-state index in [0.717, 1.165) is 16.9 Å². The highest BCUT2D eigenvalue weighted by Crippen LogP contribution is 2.32. The minimum absolute atomic E-state index is 0.104. The maximum absolute atomic E-state index is 13.0. The summed E-state index contributed by atoms with van der Waals surface area (Å²) >= 11 is 6.61. The summed E-state index contributed by atoms with van der Waals surface area (Å²) in [5.74, 6) is 0.397. The molecule has 1 saturated heterocycles. The maximum atomic E-state index is 13.0. The maximum Gasteiger partial charge on any atom is 0.266 e. The van der Waals surface area contributed by atoms with Crippen LogP contribution in [0.4, 0.5) is 4.39 Å². The number of hydrogen-bond acceptors (Lipinski definition) is 4. The second-order valence-corrected chi connectivity index (χ2v) is 7.16. The van der Waals surface area contributed by atoms with Gasteiger partial charge in [-0.25, -0.2) is 4.39 Å². The Hall–Kier alpha value is -2.18. The summed E-state index contributed by atoms with van der Waals surface area (Å²) in [5, 5.41) is 0. The van der Waals surface area contributed by atoms with E-state index >= 15 is 0 Å². The van der Waals surface area contributed by atoms with E-state index in [-0.39, 0.29) is 11.7 Å². The van der Waals surface area contributed by atoms with Crippen molar-refractivity contribution in [2.45, 2.75) is 6.42 Å². The van der Waals surface area contributed by atoms with Crippen molar-refractivity contribution in [1.82, 2.24) is 4.90 Å². The van der Waals surface area contributed by atoms with Crippen molar-refractivity contribution in [2.75, 3.05) is 13.7 Å². The molecule has 0 atom stereocenters. The van der Waals surface area contributed by atoms with Gasteiger partial charge in [-0.3, -0.25) is 9.69 Å². The van der Waals surface area contributed by atoms with Crippen molar-refractivity contribution in [1.29, 1.82) is 0 Å². The lowest BCUT2D eigenvalue weighted by Gasteiger charge is -2.14. The number of methoxy groups -OCH3 is 1. The molecule has 128 valence electrons. The summed E-state index contributed by atoms with van der Waals surface area (Å²) in [5.41, 5.74) is 1.88. The summed E-state index contributed by atoms with van der Waals surface area (Å²) in [6.45, 7) is 0.526. The summed E-state index contributed by atoms with van der Waals surface area (Å²) in [6.07, 6.45) is 2.45. The highest BCUT2D eigenvalue weighted by molar-refractivity contribution is 8.26. The Labute approximate surface area is 155 Å². The van der Waals surface area contributed by atoms with Crippen molar-refractivity contribution >= 4 is 40.3 Å². The highest BCUT2D eigenvalue weighted by Gasteiger charge is 2.31. The largest absolute Gasteiger partial charge is 0.497 e. The fraction of sp³-hybridized carbons (Fsp3) is 0.158. The highest BCUT2D eigenvalue weighted by atomic mass is 32.2. The van der Waals surface area contributed by atoms with Gasteiger partial charge in [-0.2, -0.15) is 0 Å².